The van der Waals surface area contributed by atoms with E-state index in [2.05, 4.69) is 5.18 Å². The van der Waals surface area contributed by atoms with Gasteiger partial charge in [-0.1, -0.05) is 12.1 Å². The molecular weight excluding hydrogens is 198 g/mol. The lowest BCUT2D eigenvalue weighted by Gasteiger charge is -2.07. The smallest absolute Gasteiger partial charge is 0.149 e. The molecule has 1 aromatic carbocycles. The summed E-state index contributed by atoms with van der Waals surface area (Å²) in [6.45, 7) is 0.976. The summed E-state index contributed by atoms with van der Waals surface area (Å²) in [6, 6.07) is 6.73. The zero-order chi connectivity index (χ0) is 10.9. The van der Waals surface area contributed by atoms with E-state index in [0.29, 0.717) is 19.0 Å². The molecule has 5 nitrogen and oxygen atoms in total. The van der Waals surface area contributed by atoms with E-state index in [1.54, 1.807) is 24.3 Å². The molecule has 0 saturated carbocycles. The van der Waals surface area contributed by atoms with Gasteiger partial charge in [0.25, 0.3) is 0 Å². The molecule has 0 saturated heterocycles. The van der Waals surface area contributed by atoms with Crippen molar-refractivity contribution in [3.8, 4) is 5.75 Å². The van der Waals surface area contributed by atoms with E-state index in [-0.39, 0.29) is 18.9 Å². The maximum atomic E-state index is 10.4. The van der Waals surface area contributed by atoms with Gasteiger partial charge in [0.15, 0.2) is 0 Å². The first-order valence-corrected chi connectivity index (χ1v) is 4.62. The van der Waals surface area contributed by atoms with E-state index >= 15 is 0 Å². The number of nitrogens with zero attached hydrogens (tertiary/aromatic N) is 1. The molecule has 0 amide bonds. The molecule has 0 unspecified atom stereocenters. The Morgan fingerprint density at radius 3 is 2.73 bits per heavy atom. The zero-order valence-corrected chi connectivity index (χ0v) is 8.26. The summed E-state index contributed by atoms with van der Waals surface area (Å²) < 4.78 is 10.3. The van der Waals surface area contributed by atoms with Gasteiger partial charge in [0.05, 0.1) is 19.8 Å². The lowest BCUT2D eigenvalue weighted by Crippen LogP contribution is -2.09. The molecule has 0 aromatic heterocycles. The monoisotopic (exact) mass is 211 g/mol. The van der Waals surface area contributed by atoms with Gasteiger partial charge in [-0.05, 0) is 17.3 Å². The molecule has 0 aliphatic carbocycles. The summed E-state index contributed by atoms with van der Waals surface area (Å²) in [4.78, 5) is 10.4. The van der Waals surface area contributed by atoms with Crippen LogP contribution in [0.15, 0.2) is 29.4 Å². The zero-order valence-electron chi connectivity index (χ0n) is 8.26. The summed E-state index contributed by atoms with van der Waals surface area (Å²) >= 11 is 0. The van der Waals surface area contributed by atoms with E-state index < -0.39 is 0 Å². The molecule has 0 aliphatic rings. The minimum Gasteiger partial charge on any atom is -0.489 e. The van der Waals surface area contributed by atoms with E-state index in [0.717, 1.165) is 0 Å². The number of hydrogen-bond donors (Lipinski definition) is 1. The molecule has 82 valence electrons. The van der Waals surface area contributed by atoms with Crippen LogP contribution in [-0.2, 0) is 4.74 Å². The number of aliphatic hydroxyl groups excluding tert-OH is 1. The SMILES string of the molecule is O=Nc1ccccc1OCCOCCO. The molecular formula is C10H13NO4. The van der Waals surface area contributed by atoms with Gasteiger partial charge >= 0.3 is 0 Å². The Bertz CT molecular complexity index is 303. The van der Waals surface area contributed by atoms with Gasteiger partial charge in [-0.15, -0.1) is 4.91 Å². The number of hydrogen-bond acceptors (Lipinski definition) is 5. The minimum atomic E-state index is -0.00746. The van der Waals surface area contributed by atoms with E-state index in [1.165, 1.54) is 0 Å². The Hall–Kier alpha value is -1.46. The molecule has 0 atom stereocenters. The number of aliphatic hydroxyl groups is 1. The van der Waals surface area contributed by atoms with Crippen LogP contribution in [0, 0.1) is 4.91 Å². The van der Waals surface area contributed by atoms with Crippen LogP contribution in [0.25, 0.3) is 0 Å². The maximum Gasteiger partial charge on any atom is 0.149 e. The van der Waals surface area contributed by atoms with Crippen molar-refractivity contribution in [2.75, 3.05) is 26.4 Å². The quantitative estimate of drug-likeness (QED) is 0.547. The first-order chi connectivity index (χ1) is 7.38. The Labute approximate surface area is 87.6 Å². The van der Waals surface area contributed by atoms with Crippen molar-refractivity contribution in [1.29, 1.82) is 0 Å². The van der Waals surface area contributed by atoms with Crippen molar-refractivity contribution in [3.05, 3.63) is 29.2 Å². The van der Waals surface area contributed by atoms with Crippen LogP contribution in [0.3, 0.4) is 0 Å². The third-order valence-electron chi connectivity index (χ3n) is 1.68. The molecule has 0 radical (unpaired) electrons. The highest BCUT2D eigenvalue weighted by Gasteiger charge is 2.01. The fourth-order valence-corrected chi connectivity index (χ4v) is 1.03. The molecule has 0 aliphatic heterocycles. The van der Waals surface area contributed by atoms with Crippen LogP contribution in [0.5, 0.6) is 5.75 Å². The molecule has 1 rings (SSSR count). The van der Waals surface area contributed by atoms with Crippen LogP contribution in [0.1, 0.15) is 0 Å². The standard InChI is InChI=1S/C10H13NO4/c12-5-6-14-7-8-15-10-4-2-1-3-9(10)11-13/h1-4,12H,5-8H2. The second-order valence-electron chi connectivity index (χ2n) is 2.74. The average molecular weight is 211 g/mol. The maximum absolute atomic E-state index is 10.4. The Morgan fingerprint density at radius 1 is 1.20 bits per heavy atom. The molecule has 0 spiro atoms. The lowest BCUT2D eigenvalue weighted by molar-refractivity contribution is 0.0706. The van der Waals surface area contributed by atoms with E-state index in [9.17, 15) is 4.91 Å². The normalized spacial score (nSPS) is 9.93. The second kappa shape index (κ2) is 6.92. The van der Waals surface area contributed by atoms with Crippen molar-refractivity contribution in [2.24, 2.45) is 5.18 Å². The molecule has 15 heavy (non-hydrogen) atoms. The molecule has 1 aromatic rings. The predicted octanol–water partition coefficient (Wildman–Crippen LogP) is 1.47. The van der Waals surface area contributed by atoms with Gasteiger partial charge in [0.2, 0.25) is 0 Å². The van der Waals surface area contributed by atoms with Crippen molar-refractivity contribution >= 4 is 5.69 Å². The van der Waals surface area contributed by atoms with Crippen molar-refractivity contribution in [3.63, 3.8) is 0 Å². The van der Waals surface area contributed by atoms with Gasteiger partial charge < -0.3 is 14.6 Å². The van der Waals surface area contributed by atoms with Crippen molar-refractivity contribution in [1.82, 2.24) is 0 Å². The Morgan fingerprint density at radius 2 is 2.00 bits per heavy atom. The summed E-state index contributed by atoms with van der Waals surface area (Å²) in [5.74, 6) is 0.445. The topological polar surface area (TPSA) is 68.1 Å². The fraction of sp³-hybridized carbons (Fsp3) is 0.400. The summed E-state index contributed by atoms with van der Waals surface area (Å²) in [5, 5.41) is 11.3. The number of benzene rings is 1. The van der Waals surface area contributed by atoms with Crippen molar-refractivity contribution in [2.45, 2.75) is 0 Å². The summed E-state index contributed by atoms with van der Waals surface area (Å²) in [6.07, 6.45) is 0. The molecule has 0 heterocycles. The van der Waals surface area contributed by atoms with Gasteiger partial charge in [-0.2, -0.15) is 0 Å². The third kappa shape index (κ3) is 4.05. The van der Waals surface area contributed by atoms with Crippen LogP contribution < -0.4 is 4.74 Å². The average Bonchev–Trinajstić information content (AvgIpc) is 2.29. The second-order valence-corrected chi connectivity index (χ2v) is 2.74. The highest BCUT2D eigenvalue weighted by molar-refractivity contribution is 5.50. The number of rotatable bonds is 7. The molecule has 0 fully saturated rings. The van der Waals surface area contributed by atoms with Gasteiger partial charge in [0, 0.05) is 0 Å². The molecule has 0 bridgehead atoms. The van der Waals surface area contributed by atoms with Gasteiger partial charge in [0.1, 0.15) is 18.0 Å². The predicted molar refractivity (Wildman–Crippen MR) is 55.3 cm³/mol. The van der Waals surface area contributed by atoms with Gasteiger partial charge in [-0.3, -0.25) is 0 Å². The first-order valence-electron chi connectivity index (χ1n) is 4.62. The van der Waals surface area contributed by atoms with Crippen LogP contribution in [0.2, 0.25) is 0 Å². The highest BCUT2D eigenvalue weighted by Crippen LogP contribution is 2.25. The van der Waals surface area contributed by atoms with Crippen molar-refractivity contribution < 1.29 is 14.6 Å². The summed E-state index contributed by atoms with van der Waals surface area (Å²) in [5.41, 5.74) is 0.277. The van der Waals surface area contributed by atoms with Crippen LogP contribution in [0.4, 0.5) is 5.69 Å². The minimum absolute atomic E-state index is 0.00746. The van der Waals surface area contributed by atoms with E-state index in [4.69, 9.17) is 14.6 Å². The molecule has 1 N–H and O–H groups in total. The number of nitroso groups, excluding NO2 is 1. The van der Waals surface area contributed by atoms with Crippen LogP contribution >= 0.6 is 0 Å². The van der Waals surface area contributed by atoms with E-state index in [1.807, 2.05) is 0 Å². The Kier molecular flexibility index (Phi) is 5.35. The highest BCUT2D eigenvalue weighted by atomic mass is 16.5. The third-order valence-corrected chi connectivity index (χ3v) is 1.68. The lowest BCUT2D eigenvalue weighted by atomic mass is 10.3. The van der Waals surface area contributed by atoms with Crippen LogP contribution in [-0.4, -0.2) is 31.5 Å². The molecule has 5 heteroatoms. The fourth-order valence-electron chi connectivity index (χ4n) is 1.03. The van der Waals surface area contributed by atoms with Gasteiger partial charge in [-0.25, -0.2) is 0 Å². The first kappa shape index (κ1) is 11.6. The largest absolute Gasteiger partial charge is 0.489 e. The number of ether oxygens (including phenoxy) is 2. The summed E-state index contributed by atoms with van der Waals surface area (Å²) in [7, 11) is 0. The Balaban J connectivity index is 2.33. The number of para-hydroxylation sites is 1.